The van der Waals surface area contributed by atoms with E-state index in [1.165, 1.54) is 17.0 Å². The van der Waals surface area contributed by atoms with E-state index in [1.54, 1.807) is 17.4 Å². The first-order valence-corrected chi connectivity index (χ1v) is 9.18. The highest BCUT2D eigenvalue weighted by Crippen LogP contribution is 2.27. The second-order valence-electron chi connectivity index (χ2n) is 5.95. The van der Waals surface area contributed by atoms with E-state index in [-0.39, 0.29) is 5.91 Å². The third-order valence-corrected chi connectivity index (χ3v) is 5.31. The SMILES string of the molecule is Cc1ccc(C(=O)NCCc2nc3c(s2)CCC3)cc1OCCN. The Morgan fingerprint density at radius 2 is 2.29 bits per heavy atom. The van der Waals surface area contributed by atoms with E-state index in [4.69, 9.17) is 10.5 Å². The Morgan fingerprint density at radius 3 is 3.08 bits per heavy atom. The molecule has 0 spiro atoms. The highest BCUT2D eigenvalue weighted by atomic mass is 32.1. The molecule has 1 aliphatic carbocycles. The molecule has 0 atom stereocenters. The van der Waals surface area contributed by atoms with Gasteiger partial charge in [0.15, 0.2) is 0 Å². The summed E-state index contributed by atoms with van der Waals surface area (Å²) in [5.74, 6) is 0.626. The number of rotatable bonds is 7. The molecule has 128 valence electrons. The lowest BCUT2D eigenvalue weighted by Gasteiger charge is -2.10. The Labute approximate surface area is 146 Å². The number of benzene rings is 1. The number of nitrogens with two attached hydrogens (primary N) is 1. The van der Waals surface area contributed by atoms with Crippen LogP contribution in [0.1, 0.15) is 37.9 Å². The number of aromatic nitrogens is 1. The molecule has 5 nitrogen and oxygen atoms in total. The van der Waals surface area contributed by atoms with Crippen molar-refractivity contribution < 1.29 is 9.53 Å². The van der Waals surface area contributed by atoms with Crippen LogP contribution in [-0.4, -0.2) is 30.6 Å². The number of hydrogen-bond donors (Lipinski definition) is 2. The molecule has 0 fully saturated rings. The minimum atomic E-state index is -0.0864. The molecule has 24 heavy (non-hydrogen) atoms. The molecule has 0 unspecified atom stereocenters. The van der Waals surface area contributed by atoms with E-state index in [2.05, 4.69) is 10.3 Å². The van der Waals surface area contributed by atoms with Crippen LogP contribution in [0.3, 0.4) is 0 Å². The van der Waals surface area contributed by atoms with Crippen LogP contribution in [0.4, 0.5) is 0 Å². The summed E-state index contributed by atoms with van der Waals surface area (Å²) < 4.78 is 5.57. The minimum absolute atomic E-state index is 0.0864. The molecule has 0 aliphatic heterocycles. The van der Waals surface area contributed by atoms with E-state index in [0.717, 1.165) is 29.8 Å². The van der Waals surface area contributed by atoms with Crippen LogP contribution in [0.15, 0.2) is 18.2 Å². The number of fused-ring (bicyclic) bond motifs is 1. The molecule has 1 aromatic heterocycles. The summed E-state index contributed by atoms with van der Waals surface area (Å²) in [5.41, 5.74) is 8.33. The van der Waals surface area contributed by atoms with Crippen molar-refractivity contribution in [3.63, 3.8) is 0 Å². The first kappa shape index (κ1) is 16.9. The molecule has 0 radical (unpaired) electrons. The summed E-state index contributed by atoms with van der Waals surface area (Å²) in [5, 5.41) is 4.08. The second-order valence-corrected chi connectivity index (χ2v) is 7.12. The molecule has 0 bridgehead atoms. The van der Waals surface area contributed by atoms with Crippen molar-refractivity contribution in [3.8, 4) is 5.75 Å². The number of aryl methyl sites for hydroxylation is 3. The van der Waals surface area contributed by atoms with Gasteiger partial charge in [0.2, 0.25) is 0 Å². The summed E-state index contributed by atoms with van der Waals surface area (Å²) in [6, 6.07) is 5.49. The summed E-state index contributed by atoms with van der Waals surface area (Å²) in [6.07, 6.45) is 4.28. The third-order valence-electron chi connectivity index (χ3n) is 4.09. The monoisotopic (exact) mass is 345 g/mol. The normalized spacial score (nSPS) is 12.9. The largest absolute Gasteiger partial charge is 0.492 e. The van der Waals surface area contributed by atoms with Gasteiger partial charge in [-0.2, -0.15) is 0 Å². The van der Waals surface area contributed by atoms with Gasteiger partial charge < -0.3 is 15.8 Å². The van der Waals surface area contributed by atoms with Gasteiger partial charge >= 0.3 is 0 Å². The maximum Gasteiger partial charge on any atom is 0.251 e. The Kier molecular flexibility index (Phi) is 5.48. The predicted octanol–water partition coefficient (Wildman–Crippen LogP) is 2.25. The first-order valence-electron chi connectivity index (χ1n) is 8.36. The Balaban J connectivity index is 1.54. The van der Waals surface area contributed by atoms with Gasteiger partial charge in [-0.1, -0.05) is 6.07 Å². The number of thiazole rings is 1. The van der Waals surface area contributed by atoms with Crippen LogP contribution in [0.5, 0.6) is 5.75 Å². The molecule has 0 saturated carbocycles. The van der Waals surface area contributed by atoms with Crippen molar-refractivity contribution in [1.29, 1.82) is 0 Å². The van der Waals surface area contributed by atoms with Crippen molar-refractivity contribution in [2.24, 2.45) is 5.73 Å². The van der Waals surface area contributed by atoms with Crippen molar-refractivity contribution >= 4 is 17.2 Å². The van der Waals surface area contributed by atoms with Crippen LogP contribution < -0.4 is 15.8 Å². The zero-order valence-electron chi connectivity index (χ0n) is 13.9. The zero-order valence-corrected chi connectivity index (χ0v) is 14.7. The molecular formula is C18H23N3O2S. The quantitative estimate of drug-likeness (QED) is 0.807. The van der Waals surface area contributed by atoms with E-state index in [1.807, 2.05) is 19.1 Å². The highest BCUT2D eigenvalue weighted by Gasteiger charge is 2.16. The average Bonchev–Trinajstić information content (AvgIpc) is 3.15. The third kappa shape index (κ3) is 3.94. The van der Waals surface area contributed by atoms with Gasteiger partial charge in [-0.25, -0.2) is 4.98 Å². The van der Waals surface area contributed by atoms with Crippen LogP contribution in [0, 0.1) is 6.92 Å². The Bertz CT molecular complexity index is 706. The van der Waals surface area contributed by atoms with Crippen molar-refractivity contribution in [3.05, 3.63) is 44.9 Å². The number of carbonyl (C=O) groups excluding carboxylic acids is 1. The highest BCUT2D eigenvalue weighted by molar-refractivity contribution is 7.11. The molecule has 1 aromatic carbocycles. The number of carbonyl (C=O) groups is 1. The fraction of sp³-hybridized carbons (Fsp3) is 0.444. The van der Waals surface area contributed by atoms with Crippen LogP contribution in [0.25, 0.3) is 0 Å². The summed E-state index contributed by atoms with van der Waals surface area (Å²) >= 11 is 1.79. The number of nitrogens with one attached hydrogen (secondary N) is 1. The van der Waals surface area contributed by atoms with Crippen molar-refractivity contribution in [1.82, 2.24) is 10.3 Å². The molecule has 1 aliphatic rings. The number of hydrogen-bond acceptors (Lipinski definition) is 5. The lowest BCUT2D eigenvalue weighted by molar-refractivity contribution is 0.0953. The number of amides is 1. The number of ether oxygens (including phenoxy) is 1. The fourth-order valence-corrected chi connectivity index (χ4v) is 3.96. The number of nitrogens with zero attached hydrogens (tertiary/aromatic N) is 1. The van der Waals surface area contributed by atoms with E-state index in [0.29, 0.717) is 31.0 Å². The maximum absolute atomic E-state index is 12.3. The van der Waals surface area contributed by atoms with Crippen LogP contribution in [0.2, 0.25) is 0 Å². The molecule has 1 amide bonds. The van der Waals surface area contributed by atoms with Gasteiger partial charge in [-0.05, 0) is 43.9 Å². The van der Waals surface area contributed by atoms with Gasteiger partial charge in [0, 0.05) is 30.0 Å². The standard InChI is InChI=1S/C18H23N3O2S/c1-12-5-6-13(11-15(12)23-10-8-19)18(22)20-9-7-17-21-14-3-2-4-16(14)24-17/h5-6,11H,2-4,7-10,19H2,1H3,(H,20,22). The summed E-state index contributed by atoms with van der Waals surface area (Å²) in [7, 11) is 0. The Morgan fingerprint density at radius 1 is 1.42 bits per heavy atom. The fourth-order valence-electron chi connectivity index (χ4n) is 2.80. The van der Waals surface area contributed by atoms with Gasteiger partial charge in [0.25, 0.3) is 5.91 Å². The molecule has 3 rings (SSSR count). The van der Waals surface area contributed by atoms with Gasteiger partial charge in [0.05, 0.1) is 10.7 Å². The maximum atomic E-state index is 12.3. The molecule has 6 heteroatoms. The van der Waals surface area contributed by atoms with Gasteiger partial charge in [-0.3, -0.25) is 4.79 Å². The van der Waals surface area contributed by atoms with Crippen molar-refractivity contribution in [2.45, 2.75) is 32.6 Å². The van der Waals surface area contributed by atoms with Gasteiger partial charge in [-0.15, -0.1) is 11.3 Å². The molecule has 2 aromatic rings. The van der Waals surface area contributed by atoms with Crippen LogP contribution in [-0.2, 0) is 19.3 Å². The lowest BCUT2D eigenvalue weighted by Crippen LogP contribution is -2.25. The molecule has 0 saturated heterocycles. The molecule has 1 heterocycles. The summed E-state index contributed by atoms with van der Waals surface area (Å²) in [4.78, 5) is 18.4. The first-order chi connectivity index (χ1) is 11.7. The van der Waals surface area contributed by atoms with Crippen LogP contribution >= 0.6 is 11.3 Å². The minimum Gasteiger partial charge on any atom is -0.492 e. The lowest BCUT2D eigenvalue weighted by atomic mass is 10.1. The topological polar surface area (TPSA) is 77.2 Å². The predicted molar refractivity (Wildman–Crippen MR) is 95.9 cm³/mol. The summed E-state index contributed by atoms with van der Waals surface area (Å²) in [6.45, 7) is 3.45. The van der Waals surface area contributed by atoms with E-state index in [9.17, 15) is 4.79 Å². The zero-order chi connectivity index (χ0) is 16.9. The molecular weight excluding hydrogens is 322 g/mol. The van der Waals surface area contributed by atoms with E-state index < -0.39 is 0 Å². The Hall–Kier alpha value is -1.92. The van der Waals surface area contributed by atoms with Gasteiger partial charge in [0.1, 0.15) is 12.4 Å². The second kappa shape index (κ2) is 7.77. The van der Waals surface area contributed by atoms with E-state index >= 15 is 0 Å². The smallest absolute Gasteiger partial charge is 0.251 e. The van der Waals surface area contributed by atoms with Crippen molar-refractivity contribution in [2.75, 3.05) is 19.7 Å². The average molecular weight is 345 g/mol. The molecule has 3 N–H and O–H groups in total.